The van der Waals surface area contributed by atoms with Crippen molar-refractivity contribution in [3.63, 3.8) is 0 Å². The minimum atomic E-state index is 0.0367. The average Bonchev–Trinajstić information content (AvgIpc) is 3.00. The molecule has 1 aromatic heterocycles. The maximum Gasteiger partial charge on any atom is 0.223 e. The number of carbonyl (C=O) groups is 1. The number of aromatic nitrogens is 2. The van der Waals surface area contributed by atoms with Crippen LogP contribution in [0.25, 0.3) is 0 Å². The van der Waals surface area contributed by atoms with Crippen LogP contribution in [0.4, 0.5) is 0 Å². The van der Waals surface area contributed by atoms with Crippen molar-refractivity contribution in [3.8, 4) is 5.75 Å². The van der Waals surface area contributed by atoms with Gasteiger partial charge in [-0.15, -0.1) is 0 Å². The lowest BCUT2D eigenvalue weighted by molar-refractivity contribution is -0.125. The number of fused-ring (bicyclic) bond motifs is 1. The molecule has 2 N–H and O–H groups in total. The first-order valence-electron chi connectivity index (χ1n) is 7.29. The molecule has 1 heterocycles. The summed E-state index contributed by atoms with van der Waals surface area (Å²) in [6.45, 7) is 1.01. The maximum absolute atomic E-state index is 12.1. The van der Waals surface area contributed by atoms with E-state index < -0.39 is 0 Å². The second kappa shape index (κ2) is 6.43. The van der Waals surface area contributed by atoms with Crippen molar-refractivity contribution in [2.24, 2.45) is 5.92 Å². The molecule has 5 nitrogen and oxygen atoms in total. The van der Waals surface area contributed by atoms with Gasteiger partial charge >= 0.3 is 0 Å². The van der Waals surface area contributed by atoms with Gasteiger partial charge in [0.2, 0.25) is 5.91 Å². The number of nitrogens with zero attached hydrogens (tertiary/aromatic N) is 1. The molecule has 110 valence electrons. The molecule has 0 aliphatic heterocycles. The molecule has 0 saturated heterocycles. The normalized spacial score (nSPS) is 17.0. The molecule has 1 amide bonds. The number of carbonyl (C=O) groups excluding carboxylic acids is 1. The molecule has 1 atom stereocenters. The van der Waals surface area contributed by atoms with Gasteiger partial charge in [-0.05, 0) is 25.0 Å². The molecule has 2 aromatic rings. The Bertz CT molecular complexity index is 595. The molecule has 0 unspecified atom stereocenters. The summed E-state index contributed by atoms with van der Waals surface area (Å²) in [7, 11) is 0. The molecule has 0 spiro atoms. The van der Waals surface area contributed by atoms with Crippen LogP contribution in [0.2, 0.25) is 0 Å². The number of ether oxygens (including phenoxy) is 1. The number of rotatable bonds is 5. The van der Waals surface area contributed by atoms with E-state index in [1.165, 1.54) is 0 Å². The van der Waals surface area contributed by atoms with E-state index in [0.717, 1.165) is 36.4 Å². The third-order valence-corrected chi connectivity index (χ3v) is 3.77. The molecule has 0 bridgehead atoms. The van der Waals surface area contributed by atoms with E-state index in [2.05, 4.69) is 15.3 Å². The Balaban J connectivity index is 1.41. The number of imidazole rings is 1. The zero-order chi connectivity index (χ0) is 14.5. The van der Waals surface area contributed by atoms with Gasteiger partial charge in [-0.2, -0.15) is 0 Å². The molecule has 0 radical (unpaired) electrons. The van der Waals surface area contributed by atoms with E-state index >= 15 is 0 Å². The maximum atomic E-state index is 12.1. The van der Waals surface area contributed by atoms with Gasteiger partial charge in [0.1, 0.15) is 12.4 Å². The van der Waals surface area contributed by atoms with E-state index in [0.29, 0.717) is 13.2 Å². The number of aryl methyl sites for hydroxylation is 1. The smallest absolute Gasteiger partial charge is 0.223 e. The number of benzene rings is 1. The van der Waals surface area contributed by atoms with Gasteiger partial charge in [-0.3, -0.25) is 4.79 Å². The van der Waals surface area contributed by atoms with Gasteiger partial charge < -0.3 is 15.0 Å². The van der Waals surface area contributed by atoms with Gasteiger partial charge in [0.05, 0.1) is 18.6 Å². The Hall–Kier alpha value is -2.30. The van der Waals surface area contributed by atoms with Crippen molar-refractivity contribution in [3.05, 3.63) is 48.0 Å². The molecule has 3 rings (SSSR count). The number of hydrogen-bond acceptors (Lipinski definition) is 3. The minimum Gasteiger partial charge on any atom is -0.492 e. The van der Waals surface area contributed by atoms with Gasteiger partial charge in [0.25, 0.3) is 0 Å². The highest BCUT2D eigenvalue weighted by molar-refractivity contribution is 5.79. The molecular weight excluding hydrogens is 266 g/mol. The number of hydrogen-bond donors (Lipinski definition) is 2. The minimum absolute atomic E-state index is 0.0367. The predicted molar refractivity (Wildman–Crippen MR) is 79.0 cm³/mol. The fourth-order valence-corrected chi connectivity index (χ4v) is 2.63. The van der Waals surface area contributed by atoms with Crippen molar-refractivity contribution >= 4 is 5.91 Å². The van der Waals surface area contributed by atoms with E-state index in [1.807, 2.05) is 30.3 Å². The Morgan fingerprint density at radius 1 is 1.38 bits per heavy atom. The van der Waals surface area contributed by atoms with E-state index in [-0.39, 0.29) is 11.8 Å². The van der Waals surface area contributed by atoms with Crippen molar-refractivity contribution in [1.82, 2.24) is 15.3 Å². The molecule has 1 aliphatic carbocycles. The second-order valence-electron chi connectivity index (χ2n) is 5.22. The Labute approximate surface area is 123 Å². The van der Waals surface area contributed by atoms with Gasteiger partial charge in [0, 0.05) is 18.0 Å². The average molecular weight is 285 g/mol. The van der Waals surface area contributed by atoms with Crippen molar-refractivity contribution in [2.45, 2.75) is 19.3 Å². The van der Waals surface area contributed by atoms with Crippen LogP contribution < -0.4 is 10.1 Å². The van der Waals surface area contributed by atoms with E-state index in [4.69, 9.17) is 4.74 Å². The molecule has 1 aliphatic rings. The van der Waals surface area contributed by atoms with Crippen molar-refractivity contribution in [1.29, 1.82) is 0 Å². The highest BCUT2D eigenvalue weighted by Crippen LogP contribution is 2.22. The Morgan fingerprint density at radius 2 is 2.24 bits per heavy atom. The number of para-hydroxylation sites is 1. The summed E-state index contributed by atoms with van der Waals surface area (Å²) < 4.78 is 5.56. The molecule has 0 fully saturated rings. The molecule has 0 saturated carbocycles. The van der Waals surface area contributed by atoms with Crippen LogP contribution in [0.1, 0.15) is 17.8 Å². The Kier molecular flexibility index (Phi) is 4.19. The lowest BCUT2D eigenvalue weighted by atomic mass is 9.89. The van der Waals surface area contributed by atoms with E-state index in [9.17, 15) is 4.79 Å². The first-order chi connectivity index (χ1) is 10.3. The molecule has 5 heteroatoms. The summed E-state index contributed by atoms with van der Waals surface area (Å²) in [5.74, 6) is 0.966. The summed E-state index contributed by atoms with van der Waals surface area (Å²) >= 11 is 0. The lowest BCUT2D eigenvalue weighted by Crippen LogP contribution is -2.36. The summed E-state index contributed by atoms with van der Waals surface area (Å²) in [5, 5.41) is 2.95. The SMILES string of the molecule is O=C(NCCOc1ccccc1)[C@@H]1CCc2nc[nH]c2C1. The van der Waals surface area contributed by atoms with Crippen LogP contribution in [0.3, 0.4) is 0 Å². The van der Waals surface area contributed by atoms with Crippen molar-refractivity contribution < 1.29 is 9.53 Å². The fraction of sp³-hybridized carbons (Fsp3) is 0.375. The first-order valence-corrected chi connectivity index (χ1v) is 7.29. The number of amides is 1. The monoisotopic (exact) mass is 285 g/mol. The van der Waals surface area contributed by atoms with Gasteiger partial charge in [-0.1, -0.05) is 18.2 Å². The van der Waals surface area contributed by atoms with Crippen LogP contribution in [0.15, 0.2) is 36.7 Å². The summed E-state index contributed by atoms with van der Waals surface area (Å²) in [4.78, 5) is 19.5. The zero-order valence-corrected chi connectivity index (χ0v) is 11.8. The topological polar surface area (TPSA) is 67.0 Å². The first kappa shape index (κ1) is 13.7. The van der Waals surface area contributed by atoms with Crippen LogP contribution in [0, 0.1) is 5.92 Å². The third kappa shape index (κ3) is 3.42. The van der Waals surface area contributed by atoms with Crippen LogP contribution in [-0.4, -0.2) is 29.0 Å². The van der Waals surface area contributed by atoms with Crippen LogP contribution in [-0.2, 0) is 17.6 Å². The summed E-state index contributed by atoms with van der Waals surface area (Å²) in [5.41, 5.74) is 2.20. The third-order valence-electron chi connectivity index (χ3n) is 3.77. The highest BCUT2D eigenvalue weighted by atomic mass is 16.5. The molecule has 21 heavy (non-hydrogen) atoms. The quantitative estimate of drug-likeness (QED) is 0.822. The standard InChI is InChI=1S/C16H19N3O2/c20-16(12-6-7-14-15(10-12)19-11-18-14)17-8-9-21-13-4-2-1-3-5-13/h1-5,11-12H,6-10H2,(H,17,20)(H,18,19)/t12-/m1/s1. The van der Waals surface area contributed by atoms with Crippen LogP contribution >= 0.6 is 0 Å². The fourth-order valence-electron chi connectivity index (χ4n) is 2.63. The van der Waals surface area contributed by atoms with Crippen LogP contribution in [0.5, 0.6) is 5.75 Å². The number of nitrogens with one attached hydrogen (secondary N) is 2. The summed E-state index contributed by atoms with van der Waals surface area (Å²) in [6.07, 6.45) is 4.19. The number of aromatic amines is 1. The second-order valence-corrected chi connectivity index (χ2v) is 5.22. The molecule has 1 aromatic carbocycles. The van der Waals surface area contributed by atoms with Crippen molar-refractivity contribution in [2.75, 3.05) is 13.2 Å². The highest BCUT2D eigenvalue weighted by Gasteiger charge is 2.25. The largest absolute Gasteiger partial charge is 0.492 e. The zero-order valence-electron chi connectivity index (χ0n) is 11.8. The predicted octanol–water partition coefficient (Wildman–Crippen LogP) is 1.71. The van der Waals surface area contributed by atoms with Gasteiger partial charge in [0.15, 0.2) is 0 Å². The van der Waals surface area contributed by atoms with Gasteiger partial charge in [-0.25, -0.2) is 4.98 Å². The summed E-state index contributed by atoms with van der Waals surface area (Å²) in [6, 6.07) is 9.61. The molecular formula is C16H19N3O2. The lowest BCUT2D eigenvalue weighted by Gasteiger charge is -2.20. The Morgan fingerprint density at radius 3 is 3.10 bits per heavy atom. The number of H-pyrrole nitrogens is 1. The van der Waals surface area contributed by atoms with E-state index in [1.54, 1.807) is 6.33 Å².